The molecule has 0 fully saturated rings. The summed E-state index contributed by atoms with van der Waals surface area (Å²) in [5.74, 6) is 0. The highest BCUT2D eigenvalue weighted by Gasteiger charge is 2.14. The summed E-state index contributed by atoms with van der Waals surface area (Å²) in [4.78, 5) is 2.49. The average molecular weight is 283 g/mol. The molecule has 0 amide bonds. The van der Waals surface area contributed by atoms with Crippen molar-refractivity contribution in [3.8, 4) is 0 Å². The molecule has 1 aromatic carbocycles. The van der Waals surface area contributed by atoms with Gasteiger partial charge in [-0.2, -0.15) is 0 Å². The van der Waals surface area contributed by atoms with E-state index < -0.39 is 0 Å². The number of nitrogens with one attached hydrogen (secondary N) is 1. The van der Waals surface area contributed by atoms with Crippen molar-refractivity contribution < 1.29 is 0 Å². The monoisotopic (exact) mass is 282 g/mol. The average Bonchev–Trinajstić information content (AvgIpc) is 2.37. The first kappa shape index (κ1) is 16.5. The van der Waals surface area contributed by atoms with Crippen molar-refractivity contribution in [1.29, 1.82) is 0 Å². The molecular weight excluding hydrogens is 256 g/mol. The molecule has 1 rings (SSSR count). The predicted molar refractivity (Wildman–Crippen MR) is 84.9 cm³/mol. The predicted octanol–water partition coefficient (Wildman–Crippen LogP) is 4.11. The molecule has 108 valence electrons. The lowest BCUT2D eigenvalue weighted by Gasteiger charge is -2.27. The number of hydrogen-bond donors (Lipinski definition) is 1. The fourth-order valence-corrected chi connectivity index (χ4v) is 2.63. The third-order valence-corrected chi connectivity index (χ3v) is 3.78. The van der Waals surface area contributed by atoms with Crippen LogP contribution in [0.15, 0.2) is 24.3 Å². The van der Waals surface area contributed by atoms with E-state index in [1.807, 2.05) is 12.1 Å². The Balaban J connectivity index is 2.67. The molecule has 0 heterocycles. The standard InChI is InChI=1S/C16H27ClN2/c1-5-18-16(10-11-19(6-2)13(3)4)14-8-7-9-15(17)12-14/h7-9,12-13,16,18H,5-6,10-11H2,1-4H3. The minimum Gasteiger partial charge on any atom is -0.310 e. The van der Waals surface area contributed by atoms with Crippen molar-refractivity contribution in [3.63, 3.8) is 0 Å². The molecule has 0 aliphatic heterocycles. The van der Waals surface area contributed by atoms with Crippen molar-refractivity contribution in [1.82, 2.24) is 10.2 Å². The summed E-state index contributed by atoms with van der Waals surface area (Å²) in [5, 5.41) is 4.38. The molecule has 1 N–H and O–H groups in total. The van der Waals surface area contributed by atoms with E-state index in [0.717, 1.165) is 31.1 Å². The maximum absolute atomic E-state index is 6.09. The SMILES string of the molecule is CCNC(CCN(CC)C(C)C)c1cccc(Cl)c1. The van der Waals surface area contributed by atoms with E-state index in [4.69, 9.17) is 11.6 Å². The van der Waals surface area contributed by atoms with Crippen LogP contribution in [0.2, 0.25) is 5.02 Å². The topological polar surface area (TPSA) is 15.3 Å². The summed E-state index contributed by atoms with van der Waals surface area (Å²) in [6, 6.07) is 9.18. The van der Waals surface area contributed by atoms with Gasteiger partial charge in [0.1, 0.15) is 0 Å². The van der Waals surface area contributed by atoms with E-state index in [2.05, 4.69) is 50.0 Å². The zero-order chi connectivity index (χ0) is 14.3. The van der Waals surface area contributed by atoms with Crippen LogP contribution in [-0.2, 0) is 0 Å². The van der Waals surface area contributed by atoms with Crippen LogP contribution < -0.4 is 5.32 Å². The number of rotatable bonds is 8. The molecule has 0 bridgehead atoms. The highest BCUT2D eigenvalue weighted by molar-refractivity contribution is 6.30. The van der Waals surface area contributed by atoms with E-state index in [9.17, 15) is 0 Å². The summed E-state index contributed by atoms with van der Waals surface area (Å²) >= 11 is 6.09. The molecule has 1 atom stereocenters. The van der Waals surface area contributed by atoms with Crippen LogP contribution in [0.5, 0.6) is 0 Å². The van der Waals surface area contributed by atoms with Crippen molar-refractivity contribution in [2.24, 2.45) is 0 Å². The van der Waals surface area contributed by atoms with Crippen LogP contribution in [0.1, 0.15) is 45.7 Å². The lowest BCUT2D eigenvalue weighted by Crippen LogP contribution is -2.34. The van der Waals surface area contributed by atoms with Gasteiger partial charge in [0.15, 0.2) is 0 Å². The van der Waals surface area contributed by atoms with E-state index in [1.165, 1.54) is 5.56 Å². The highest BCUT2D eigenvalue weighted by atomic mass is 35.5. The maximum atomic E-state index is 6.09. The first-order valence-corrected chi connectivity index (χ1v) is 7.69. The summed E-state index contributed by atoms with van der Waals surface area (Å²) in [7, 11) is 0. The van der Waals surface area contributed by atoms with Crippen LogP contribution >= 0.6 is 11.6 Å². The smallest absolute Gasteiger partial charge is 0.0409 e. The Kier molecular flexibility index (Phi) is 7.44. The van der Waals surface area contributed by atoms with Gasteiger partial charge in [0.25, 0.3) is 0 Å². The summed E-state index contributed by atoms with van der Waals surface area (Å²) in [6.07, 6.45) is 1.11. The van der Waals surface area contributed by atoms with Gasteiger partial charge in [-0.15, -0.1) is 0 Å². The lowest BCUT2D eigenvalue weighted by atomic mass is 10.0. The number of benzene rings is 1. The molecule has 0 radical (unpaired) electrons. The summed E-state index contributed by atoms with van der Waals surface area (Å²) in [5.41, 5.74) is 1.29. The Bertz CT molecular complexity index is 366. The number of nitrogens with zero attached hydrogens (tertiary/aromatic N) is 1. The second-order valence-electron chi connectivity index (χ2n) is 5.18. The van der Waals surface area contributed by atoms with Gasteiger partial charge in [-0.25, -0.2) is 0 Å². The van der Waals surface area contributed by atoms with E-state index in [-0.39, 0.29) is 0 Å². The van der Waals surface area contributed by atoms with Gasteiger partial charge < -0.3 is 10.2 Å². The number of hydrogen-bond acceptors (Lipinski definition) is 2. The van der Waals surface area contributed by atoms with Crippen LogP contribution in [0, 0.1) is 0 Å². The normalized spacial score (nSPS) is 13.2. The Hall–Kier alpha value is -0.570. The summed E-state index contributed by atoms with van der Waals surface area (Å²) < 4.78 is 0. The van der Waals surface area contributed by atoms with Crippen molar-refractivity contribution in [3.05, 3.63) is 34.9 Å². The fourth-order valence-electron chi connectivity index (χ4n) is 2.43. The van der Waals surface area contributed by atoms with Crippen molar-refractivity contribution in [2.45, 2.75) is 46.2 Å². The molecule has 0 saturated carbocycles. The quantitative estimate of drug-likeness (QED) is 0.772. The zero-order valence-electron chi connectivity index (χ0n) is 12.6. The molecule has 0 aliphatic rings. The minimum atomic E-state index is 0.386. The molecular formula is C16H27ClN2. The van der Waals surface area contributed by atoms with E-state index in [0.29, 0.717) is 12.1 Å². The van der Waals surface area contributed by atoms with Gasteiger partial charge in [-0.3, -0.25) is 0 Å². The first-order valence-electron chi connectivity index (χ1n) is 7.31. The van der Waals surface area contributed by atoms with Crippen LogP contribution in [0.3, 0.4) is 0 Å². The third-order valence-electron chi connectivity index (χ3n) is 3.54. The Morgan fingerprint density at radius 3 is 2.53 bits per heavy atom. The van der Waals surface area contributed by atoms with Gasteiger partial charge in [0.2, 0.25) is 0 Å². The van der Waals surface area contributed by atoms with Gasteiger partial charge in [-0.1, -0.05) is 37.6 Å². The van der Waals surface area contributed by atoms with Crippen LogP contribution in [0.4, 0.5) is 0 Å². The molecule has 3 heteroatoms. The van der Waals surface area contributed by atoms with Gasteiger partial charge in [0, 0.05) is 23.7 Å². The highest BCUT2D eigenvalue weighted by Crippen LogP contribution is 2.21. The fraction of sp³-hybridized carbons (Fsp3) is 0.625. The molecule has 0 saturated heterocycles. The molecule has 0 aliphatic carbocycles. The largest absolute Gasteiger partial charge is 0.310 e. The Morgan fingerprint density at radius 1 is 1.26 bits per heavy atom. The Morgan fingerprint density at radius 2 is 2.00 bits per heavy atom. The summed E-state index contributed by atoms with van der Waals surface area (Å²) in [6.45, 7) is 12.1. The van der Waals surface area contributed by atoms with Crippen molar-refractivity contribution in [2.75, 3.05) is 19.6 Å². The van der Waals surface area contributed by atoms with E-state index in [1.54, 1.807) is 0 Å². The molecule has 19 heavy (non-hydrogen) atoms. The number of halogens is 1. The molecule has 1 aromatic rings. The van der Waals surface area contributed by atoms with Gasteiger partial charge in [-0.05, 0) is 51.1 Å². The third kappa shape index (κ3) is 5.52. The molecule has 0 aromatic heterocycles. The second kappa shape index (κ2) is 8.57. The zero-order valence-corrected chi connectivity index (χ0v) is 13.4. The molecule has 0 spiro atoms. The maximum Gasteiger partial charge on any atom is 0.0409 e. The molecule has 1 unspecified atom stereocenters. The minimum absolute atomic E-state index is 0.386. The van der Waals surface area contributed by atoms with Crippen LogP contribution in [0.25, 0.3) is 0 Å². The van der Waals surface area contributed by atoms with Gasteiger partial charge in [0.05, 0.1) is 0 Å². The molecule has 2 nitrogen and oxygen atoms in total. The second-order valence-corrected chi connectivity index (χ2v) is 5.61. The van der Waals surface area contributed by atoms with E-state index >= 15 is 0 Å². The Labute approximate surface area is 123 Å². The van der Waals surface area contributed by atoms with Gasteiger partial charge >= 0.3 is 0 Å². The van der Waals surface area contributed by atoms with Crippen molar-refractivity contribution >= 4 is 11.6 Å². The lowest BCUT2D eigenvalue weighted by molar-refractivity contribution is 0.220. The first-order chi connectivity index (χ1) is 9.08. The van der Waals surface area contributed by atoms with Crippen LogP contribution in [-0.4, -0.2) is 30.6 Å².